The normalized spacial score (nSPS) is 13.2. The number of benzene rings is 7. The van der Waals surface area contributed by atoms with Gasteiger partial charge in [-0.1, -0.05) is 129 Å². The minimum Gasteiger partial charge on any atom is -0.310 e. The summed E-state index contributed by atoms with van der Waals surface area (Å²) in [6.45, 7) is 4.70. The summed E-state index contributed by atoms with van der Waals surface area (Å²) in [5, 5.41) is 2.47. The highest BCUT2D eigenvalue weighted by Gasteiger charge is 2.37. The van der Waals surface area contributed by atoms with Gasteiger partial charge in [-0.05, 0) is 71.8 Å². The molecule has 9 aromatic rings. The Kier molecular flexibility index (Phi) is 7.08. The molecule has 5 heteroatoms. The van der Waals surface area contributed by atoms with Crippen molar-refractivity contribution in [3.05, 3.63) is 187 Å². The van der Waals surface area contributed by atoms with Crippen LogP contribution in [0.4, 0.5) is 17.1 Å². The third-order valence-corrected chi connectivity index (χ3v) is 10.6. The summed E-state index contributed by atoms with van der Waals surface area (Å²) < 4.78 is 2.39. The molecule has 0 bridgehead atoms. The first-order chi connectivity index (χ1) is 26.0. The second kappa shape index (κ2) is 12.1. The first kappa shape index (κ1) is 30.9. The van der Waals surface area contributed by atoms with Gasteiger partial charge < -0.3 is 9.47 Å². The first-order valence-electron chi connectivity index (χ1n) is 18.0. The highest BCUT2D eigenvalue weighted by Crippen LogP contribution is 2.53. The Hall–Kier alpha value is -6.85. The van der Waals surface area contributed by atoms with E-state index in [0.717, 1.165) is 39.1 Å². The van der Waals surface area contributed by atoms with Crippen LogP contribution in [-0.4, -0.2) is 19.5 Å². The van der Waals surface area contributed by atoms with E-state index in [1.807, 2.05) is 60.7 Å². The minimum atomic E-state index is -0.196. The van der Waals surface area contributed by atoms with Crippen LogP contribution in [0.5, 0.6) is 0 Å². The van der Waals surface area contributed by atoms with E-state index in [9.17, 15) is 0 Å². The number of hydrogen-bond donors (Lipinski definition) is 0. The van der Waals surface area contributed by atoms with Gasteiger partial charge in [-0.25, -0.2) is 15.0 Å². The van der Waals surface area contributed by atoms with Crippen molar-refractivity contribution in [3.63, 3.8) is 0 Å². The number of fused-ring (bicyclic) bond motifs is 5. The van der Waals surface area contributed by atoms with Crippen LogP contribution in [0.3, 0.4) is 0 Å². The van der Waals surface area contributed by atoms with Crippen molar-refractivity contribution in [2.24, 2.45) is 0 Å². The number of rotatable bonds is 5. The van der Waals surface area contributed by atoms with Gasteiger partial charge >= 0.3 is 0 Å². The molecule has 0 radical (unpaired) electrons. The highest BCUT2D eigenvalue weighted by atomic mass is 15.2. The molecule has 0 aliphatic carbocycles. The van der Waals surface area contributed by atoms with E-state index in [1.165, 1.54) is 33.3 Å². The molecule has 0 atom stereocenters. The zero-order valence-electron chi connectivity index (χ0n) is 29.5. The molecule has 1 aliphatic heterocycles. The molecule has 0 spiro atoms. The monoisotopic (exact) mass is 681 g/mol. The predicted molar refractivity (Wildman–Crippen MR) is 217 cm³/mol. The lowest BCUT2D eigenvalue weighted by Crippen LogP contribution is -2.30. The maximum Gasteiger partial charge on any atom is 0.164 e. The maximum absolute atomic E-state index is 4.97. The van der Waals surface area contributed by atoms with E-state index in [4.69, 9.17) is 15.0 Å². The van der Waals surface area contributed by atoms with Crippen LogP contribution in [0.25, 0.3) is 61.7 Å². The van der Waals surface area contributed by atoms with E-state index in [-0.39, 0.29) is 5.41 Å². The summed E-state index contributed by atoms with van der Waals surface area (Å²) in [5.41, 5.74) is 12.2. The summed E-state index contributed by atoms with van der Waals surface area (Å²) in [7, 11) is 0. The molecular formula is C48H35N5. The molecule has 0 N–H and O–H groups in total. The molecule has 10 rings (SSSR count). The Morgan fingerprint density at radius 3 is 1.57 bits per heavy atom. The summed E-state index contributed by atoms with van der Waals surface area (Å²) in [5.74, 6) is 1.94. The van der Waals surface area contributed by atoms with Gasteiger partial charge in [0.15, 0.2) is 17.5 Å². The molecule has 0 amide bonds. The zero-order chi connectivity index (χ0) is 35.5. The molecule has 53 heavy (non-hydrogen) atoms. The predicted octanol–water partition coefficient (Wildman–Crippen LogP) is 12.1. The number of para-hydroxylation sites is 3. The van der Waals surface area contributed by atoms with Gasteiger partial charge in [-0.15, -0.1) is 0 Å². The summed E-state index contributed by atoms with van der Waals surface area (Å²) in [6, 6.07) is 61.9. The quantitative estimate of drug-likeness (QED) is 0.181. The first-order valence-corrected chi connectivity index (χ1v) is 18.0. The summed E-state index contributed by atoms with van der Waals surface area (Å²) >= 11 is 0. The fraction of sp³-hybridized carbons (Fsp3) is 0.0625. The lowest BCUT2D eigenvalue weighted by Gasteiger charge is -2.42. The van der Waals surface area contributed by atoms with Crippen molar-refractivity contribution < 1.29 is 0 Å². The number of nitrogens with zero attached hydrogens (tertiary/aromatic N) is 5. The van der Waals surface area contributed by atoms with Gasteiger partial charge in [-0.3, -0.25) is 0 Å². The Morgan fingerprint density at radius 2 is 0.925 bits per heavy atom. The van der Waals surface area contributed by atoms with Gasteiger partial charge in [-0.2, -0.15) is 0 Å². The van der Waals surface area contributed by atoms with Crippen LogP contribution >= 0.6 is 0 Å². The van der Waals surface area contributed by atoms with Crippen molar-refractivity contribution in [3.8, 4) is 39.9 Å². The van der Waals surface area contributed by atoms with Crippen molar-refractivity contribution in [2.75, 3.05) is 4.90 Å². The third-order valence-electron chi connectivity index (χ3n) is 10.6. The van der Waals surface area contributed by atoms with Crippen molar-refractivity contribution in [1.29, 1.82) is 0 Å². The summed E-state index contributed by atoms with van der Waals surface area (Å²) in [4.78, 5) is 17.3. The van der Waals surface area contributed by atoms with Gasteiger partial charge in [0.25, 0.3) is 0 Å². The van der Waals surface area contributed by atoms with Crippen LogP contribution < -0.4 is 4.90 Å². The van der Waals surface area contributed by atoms with E-state index >= 15 is 0 Å². The number of aromatic nitrogens is 4. The second-order valence-electron chi connectivity index (χ2n) is 14.1. The standard InChI is InChI=1S/C48H35N5/c1-48(2)39-23-13-15-25-42(39)53(35-20-10-5-11-21-35)44-31-43-38(30-40(44)48)37-22-12-14-24-41(37)52(43)36-28-26-34(27-29-36)47-50-45(32-16-6-3-7-17-32)49-46(51-47)33-18-8-4-9-19-33/h3-31H,1-2H3. The molecule has 7 aromatic carbocycles. The molecule has 1 aliphatic rings. The van der Waals surface area contributed by atoms with E-state index in [2.05, 4.69) is 139 Å². The molecule has 3 heterocycles. The van der Waals surface area contributed by atoms with Crippen LogP contribution in [0.1, 0.15) is 25.0 Å². The van der Waals surface area contributed by atoms with E-state index in [1.54, 1.807) is 0 Å². The molecule has 252 valence electrons. The van der Waals surface area contributed by atoms with Crippen LogP contribution in [0, 0.1) is 0 Å². The van der Waals surface area contributed by atoms with Gasteiger partial charge in [0.05, 0.1) is 22.4 Å². The SMILES string of the molecule is CC1(C)c2ccccc2N(c2ccccc2)c2cc3c(cc21)c1ccccc1n3-c1ccc(-c2nc(-c3ccccc3)nc(-c3ccccc3)n2)cc1. The molecule has 2 aromatic heterocycles. The molecule has 5 nitrogen and oxygen atoms in total. The fourth-order valence-corrected chi connectivity index (χ4v) is 7.99. The second-order valence-corrected chi connectivity index (χ2v) is 14.1. The van der Waals surface area contributed by atoms with Crippen LogP contribution in [0.15, 0.2) is 176 Å². The molecule has 0 fully saturated rings. The van der Waals surface area contributed by atoms with E-state index in [0.29, 0.717) is 17.5 Å². The van der Waals surface area contributed by atoms with Crippen molar-refractivity contribution in [2.45, 2.75) is 19.3 Å². The molecule has 0 saturated carbocycles. The van der Waals surface area contributed by atoms with Crippen LogP contribution in [-0.2, 0) is 5.41 Å². The molecular weight excluding hydrogens is 647 g/mol. The molecule has 0 unspecified atom stereocenters. The van der Waals surface area contributed by atoms with Gasteiger partial charge in [0, 0.05) is 44.3 Å². The Labute approximate surface area is 308 Å². The van der Waals surface area contributed by atoms with Gasteiger partial charge in [0.1, 0.15) is 0 Å². The van der Waals surface area contributed by atoms with Gasteiger partial charge in [0.2, 0.25) is 0 Å². The van der Waals surface area contributed by atoms with Crippen molar-refractivity contribution >= 4 is 38.9 Å². The lowest BCUT2D eigenvalue weighted by molar-refractivity contribution is 0.633. The Balaban J connectivity index is 1.15. The Morgan fingerprint density at radius 1 is 0.396 bits per heavy atom. The smallest absolute Gasteiger partial charge is 0.164 e. The van der Waals surface area contributed by atoms with Crippen LogP contribution in [0.2, 0.25) is 0 Å². The topological polar surface area (TPSA) is 46.8 Å². The fourth-order valence-electron chi connectivity index (χ4n) is 7.99. The average molecular weight is 682 g/mol. The number of anilines is 3. The molecule has 0 saturated heterocycles. The largest absolute Gasteiger partial charge is 0.310 e. The van der Waals surface area contributed by atoms with E-state index < -0.39 is 0 Å². The zero-order valence-corrected chi connectivity index (χ0v) is 29.5. The maximum atomic E-state index is 4.97. The summed E-state index contributed by atoms with van der Waals surface area (Å²) in [6.07, 6.45) is 0. The number of hydrogen-bond acceptors (Lipinski definition) is 4. The third kappa shape index (κ3) is 5.04. The Bertz CT molecular complexity index is 2730. The average Bonchev–Trinajstić information content (AvgIpc) is 3.55. The minimum absolute atomic E-state index is 0.196. The lowest BCUT2D eigenvalue weighted by atomic mass is 9.73. The van der Waals surface area contributed by atoms with Crippen molar-refractivity contribution in [1.82, 2.24) is 19.5 Å². The highest BCUT2D eigenvalue weighted by molar-refractivity contribution is 6.11.